The Bertz CT molecular complexity index is 602. The maximum absolute atomic E-state index is 5.53. The number of hydrogen-bond donors (Lipinski definition) is 1. The second-order valence-corrected chi connectivity index (χ2v) is 6.49. The molecule has 0 unspecified atom stereocenters. The minimum Gasteiger partial charge on any atom is -0.380 e. The van der Waals surface area contributed by atoms with E-state index in [2.05, 4.69) is 50.2 Å². The highest BCUT2D eigenvalue weighted by Gasteiger charge is 2.20. The molecule has 1 aliphatic rings. The Labute approximate surface area is 134 Å². The van der Waals surface area contributed by atoms with E-state index >= 15 is 0 Å². The van der Waals surface area contributed by atoms with Crippen LogP contribution in [0.2, 0.25) is 0 Å². The Morgan fingerprint density at radius 1 is 1.33 bits per heavy atom. The Morgan fingerprint density at radius 2 is 2.14 bits per heavy atom. The predicted octanol–water partition coefficient (Wildman–Crippen LogP) is 3.91. The first kappa shape index (κ1) is 15.1. The normalized spacial score (nSPS) is 16.7. The standard InChI is InChI=1S/C17H23BrN2O/c1-2-21-11-10-20-12-15(13-6-8-19-9-7-13)14-4-3-5-16(18)17(14)20/h3-5,12-13,19H,2,6-11H2,1H3. The number of aromatic nitrogens is 1. The molecule has 1 aliphatic heterocycles. The van der Waals surface area contributed by atoms with Crippen LogP contribution >= 0.6 is 15.9 Å². The van der Waals surface area contributed by atoms with Crippen LogP contribution in [0.3, 0.4) is 0 Å². The molecular formula is C17H23BrN2O. The van der Waals surface area contributed by atoms with Crippen LogP contribution < -0.4 is 5.32 Å². The molecule has 0 aliphatic carbocycles. The average Bonchev–Trinajstić information content (AvgIpc) is 2.89. The van der Waals surface area contributed by atoms with E-state index in [1.54, 1.807) is 0 Å². The van der Waals surface area contributed by atoms with E-state index in [0.717, 1.165) is 32.8 Å². The second kappa shape index (κ2) is 6.95. The fourth-order valence-electron chi connectivity index (χ4n) is 3.28. The summed E-state index contributed by atoms with van der Waals surface area (Å²) < 4.78 is 9.07. The molecule has 114 valence electrons. The Kier molecular flexibility index (Phi) is 4.99. The van der Waals surface area contributed by atoms with Crippen LogP contribution in [0.5, 0.6) is 0 Å². The van der Waals surface area contributed by atoms with Gasteiger partial charge in [-0.3, -0.25) is 0 Å². The molecular weight excluding hydrogens is 328 g/mol. The van der Waals surface area contributed by atoms with Crippen molar-refractivity contribution in [3.8, 4) is 0 Å². The largest absolute Gasteiger partial charge is 0.380 e. The maximum atomic E-state index is 5.53. The zero-order chi connectivity index (χ0) is 14.7. The van der Waals surface area contributed by atoms with Gasteiger partial charge >= 0.3 is 0 Å². The highest BCUT2D eigenvalue weighted by Crippen LogP contribution is 2.35. The molecule has 21 heavy (non-hydrogen) atoms. The van der Waals surface area contributed by atoms with Gasteiger partial charge in [0.05, 0.1) is 12.1 Å². The fraction of sp³-hybridized carbons (Fsp3) is 0.529. The van der Waals surface area contributed by atoms with Crippen LogP contribution in [-0.2, 0) is 11.3 Å². The van der Waals surface area contributed by atoms with Gasteiger partial charge in [0, 0.05) is 29.2 Å². The van der Waals surface area contributed by atoms with Gasteiger partial charge in [0.15, 0.2) is 0 Å². The summed E-state index contributed by atoms with van der Waals surface area (Å²) >= 11 is 3.72. The molecule has 1 N–H and O–H groups in total. The van der Waals surface area contributed by atoms with E-state index in [1.807, 2.05) is 6.92 Å². The van der Waals surface area contributed by atoms with Gasteiger partial charge in [-0.15, -0.1) is 0 Å². The summed E-state index contributed by atoms with van der Waals surface area (Å²) in [5.74, 6) is 0.677. The first-order valence-electron chi connectivity index (χ1n) is 7.87. The number of rotatable bonds is 5. The third-order valence-corrected chi connectivity index (χ3v) is 4.98. The molecule has 0 spiro atoms. The van der Waals surface area contributed by atoms with Gasteiger partial charge in [-0.25, -0.2) is 0 Å². The predicted molar refractivity (Wildman–Crippen MR) is 91.0 cm³/mol. The van der Waals surface area contributed by atoms with Gasteiger partial charge in [0.2, 0.25) is 0 Å². The van der Waals surface area contributed by atoms with Crippen molar-refractivity contribution in [2.45, 2.75) is 32.2 Å². The molecule has 1 saturated heterocycles. The van der Waals surface area contributed by atoms with E-state index in [-0.39, 0.29) is 0 Å². The van der Waals surface area contributed by atoms with Crippen molar-refractivity contribution in [1.82, 2.24) is 9.88 Å². The fourth-order valence-corrected chi connectivity index (χ4v) is 3.88. The first-order valence-corrected chi connectivity index (χ1v) is 8.66. The molecule has 4 heteroatoms. The Balaban J connectivity index is 1.97. The molecule has 1 fully saturated rings. The quantitative estimate of drug-likeness (QED) is 0.827. The summed E-state index contributed by atoms with van der Waals surface area (Å²) in [6.45, 7) is 6.77. The number of nitrogens with zero attached hydrogens (tertiary/aromatic N) is 1. The van der Waals surface area contributed by atoms with E-state index < -0.39 is 0 Å². The van der Waals surface area contributed by atoms with Crippen LogP contribution in [0, 0.1) is 0 Å². The number of piperidine rings is 1. The van der Waals surface area contributed by atoms with Crippen molar-refractivity contribution in [3.05, 3.63) is 34.4 Å². The van der Waals surface area contributed by atoms with E-state index in [1.165, 1.54) is 33.8 Å². The topological polar surface area (TPSA) is 26.2 Å². The lowest BCUT2D eigenvalue weighted by atomic mass is 9.90. The minimum absolute atomic E-state index is 0.677. The van der Waals surface area contributed by atoms with Crippen LogP contribution in [-0.4, -0.2) is 30.9 Å². The molecule has 1 aromatic carbocycles. The number of halogens is 1. The molecule has 3 nitrogen and oxygen atoms in total. The molecule has 2 heterocycles. The monoisotopic (exact) mass is 350 g/mol. The minimum atomic E-state index is 0.677. The van der Waals surface area contributed by atoms with Crippen LogP contribution in [0.25, 0.3) is 10.9 Å². The van der Waals surface area contributed by atoms with Gasteiger partial charge in [-0.05, 0) is 66.3 Å². The average molecular weight is 351 g/mol. The summed E-state index contributed by atoms with van der Waals surface area (Å²) in [7, 11) is 0. The lowest BCUT2D eigenvalue weighted by molar-refractivity contribution is 0.140. The van der Waals surface area contributed by atoms with E-state index in [0.29, 0.717) is 5.92 Å². The summed E-state index contributed by atoms with van der Waals surface area (Å²) in [6, 6.07) is 6.53. The molecule has 3 rings (SSSR count). The summed E-state index contributed by atoms with van der Waals surface area (Å²) in [5, 5.41) is 4.85. The lowest BCUT2D eigenvalue weighted by Gasteiger charge is -2.22. The zero-order valence-corrected chi connectivity index (χ0v) is 14.2. The number of fused-ring (bicyclic) bond motifs is 1. The summed E-state index contributed by atoms with van der Waals surface area (Å²) in [6.07, 6.45) is 4.82. The first-order chi connectivity index (χ1) is 10.3. The van der Waals surface area contributed by atoms with Gasteiger partial charge in [-0.1, -0.05) is 12.1 Å². The lowest BCUT2D eigenvalue weighted by Crippen LogP contribution is -2.26. The van der Waals surface area contributed by atoms with Gasteiger partial charge in [0.1, 0.15) is 0 Å². The number of para-hydroxylation sites is 1. The highest BCUT2D eigenvalue weighted by atomic mass is 79.9. The molecule has 0 atom stereocenters. The number of benzene rings is 1. The molecule has 0 radical (unpaired) electrons. The molecule has 0 saturated carbocycles. The van der Waals surface area contributed by atoms with E-state index in [4.69, 9.17) is 4.74 Å². The van der Waals surface area contributed by atoms with Crippen molar-refractivity contribution in [1.29, 1.82) is 0 Å². The summed E-state index contributed by atoms with van der Waals surface area (Å²) in [5.41, 5.74) is 2.81. The highest BCUT2D eigenvalue weighted by molar-refractivity contribution is 9.10. The SMILES string of the molecule is CCOCCn1cc(C2CCNCC2)c2cccc(Br)c21. The van der Waals surface area contributed by atoms with Gasteiger partial charge < -0.3 is 14.6 Å². The van der Waals surface area contributed by atoms with Crippen LogP contribution in [0.15, 0.2) is 28.9 Å². The molecule has 0 amide bonds. The molecule has 2 aromatic rings. The van der Waals surface area contributed by atoms with Crippen molar-refractivity contribution < 1.29 is 4.74 Å². The zero-order valence-electron chi connectivity index (χ0n) is 12.6. The van der Waals surface area contributed by atoms with Crippen LogP contribution in [0.1, 0.15) is 31.2 Å². The van der Waals surface area contributed by atoms with Crippen molar-refractivity contribution in [2.75, 3.05) is 26.3 Å². The van der Waals surface area contributed by atoms with Gasteiger partial charge in [-0.2, -0.15) is 0 Å². The number of nitrogens with one attached hydrogen (secondary N) is 1. The van der Waals surface area contributed by atoms with Crippen molar-refractivity contribution in [3.63, 3.8) is 0 Å². The molecule has 1 aromatic heterocycles. The summed E-state index contributed by atoms with van der Waals surface area (Å²) in [4.78, 5) is 0. The number of ether oxygens (including phenoxy) is 1. The van der Waals surface area contributed by atoms with Crippen LogP contribution in [0.4, 0.5) is 0 Å². The number of hydrogen-bond acceptors (Lipinski definition) is 2. The van der Waals surface area contributed by atoms with Crippen molar-refractivity contribution in [2.24, 2.45) is 0 Å². The van der Waals surface area contributed by atoms with E-state index in [9.17, 15) is 0 Å². The van der Waals surface area contributed by atoms with Gasteiger partial charge in [0.25, 0.3) is 0 Å². The molecule has 0 bridgehead atoms. The third kappa shape index (κ3) is 3.17. The smallest absolute Gasteiger partial charge is 0.0645 e. The maximum Gasteiger partial charge on any atom is 0.0645 e. The Morgan fingerprint density at radius 3 is 2.90 bits per heavy atom. The Hall–Kier alpha value is -0.840. The third-order valence-electron chi connectivity index (χ3n) is 4.34. The second-order valence-electron chi connectivity index (χ2n) is 5.64. The van der Waals surface area contributed by atoms with Crippen molar-refractivity contribution >= 4 is 26.8 Å².